The molecule has 4 heavy (non-hydrogen) atoms. The summed E-state index contributed by atoms with van der Waals surface area (Å²) in [4.78, 5) is 0. The molecule has 0 heterocycles. The average Bonchev–Trinajstić information content (AvgIpc) is 0.918. The Morgan fingerprint density at radius 3 is 1.75 bits per heavy atom. The van der Waals surface area contributed by atoms with E-state index in [9.17, 15) is 4.20 Å². The molecular weight excluding hydrogens is 185 g/mol. The monoisotopic (exact) mass is 190 g/mol. The van der Waals surface area contributed by atoms with Gasteiger partial charge in [0.25, 0.3) is 0 Å². The van der Waals surface area contributed by atoms with E-state index < -0.39 is 8.77 Å². The van der Waals surface area contributed by atoms with Gasteiger partial charge in [-0.05, 0) is 0 Å². The predicted molar refractivity (Wildman–Crippen MR) is 20.0 cm³/mol. The first-order valence-corrected chi connectivity index (χ1v) is 1.05. The van der Waals surface area contributed by atoms with E-state index in [0.717, 1.165) is 0 Å². The first-order chi connectivity index (χ1) is 1.41. The van der Waals surface area contributed by atoms with E-state index in [4.69, 9.17) is 4.57 Å². The fourth-order valence-electron chi connectivity index (χ4n) is 0. The van der Waals surface area contributed by atoms with Crippen LogP contribution in [0.2, 0.25) is 0 Å². The standard InChI is InChI=1S/FOP.Sn.4H/c1-3-2;;;;;. The fourth-order valence-corrected chi connectivity index (χ4v) is 0. The second kappa shape index (κ2) is 9.16. The summed E-state index contributed by atoms with van der Waals surface area (Å²) in [6, 6.07) is 0. The summed E-state index contributed by atoms with van der Waals surface area (Å²) < 4.78 is 17.9. The van der Waals surface area contributed by atoms with Gasteiger partial charge in [0, 0.05) is 0 Å². The first kappa shape index (κ1) is 8.85. The normalized spacial score (nSPS) is 5.25. The molecule has 4 heteroatoms. The molecule has 0 atom stereocenters. The van der Waals surface area contributed by atoms with Crippen molar-refractivity contribution >= 4 is 32.7 Å². The van der Waals surface area contributed by atoms with Crippen molar-refractivity contribution in [1.82, 2.24) is 0 Å². The zero-order valence-electron chi connectivity index (χ0n) is 1.23. The molecule has 0 radical (unpaired) electrons. The van der Waals surface area contributed by atoms with Crippen molar-refractivity contribution in [3.63, 3.8) is 0 Å². The van der Waals surface area contributed by atoms with E-state index in [1.54, 1.807) is 0 Å². The van der Waals surface area contributed by atoms with E-state index >= 15 is 0 Å². The van der Waals surface area contributed by atoms with Gasteiger partial charge >= 0.3 is 32.7 Å². The number of halogens is 1. The molecule has 0 aromatic carbocycles. The Hall–Kier alpha value is 0.829. The third-order valence-corrected chi connectivity index (χ3v) is 0. The average molecular weight is 189 g/mol. The van der Waals surface area contributed by atoms with Gasteiger partial charge in [-0.25, -0.2) is 4.57 Å². The molecule has 0 N–H and O–H groups in total. The third kappa shape index (κ3) is 13.8. The predicted octanol–water partition coefficient (Wildman–Crippen LogP) is -0.289. The molecule has 0 rings (SSSR count). The molecule has 0 fully saturated rings. The summed E-state index contributed by atoms with van der Waals surface area (Å²) in [6.07, 6.45) is 0. The van der Waals surface area contributed by atoms with E-state index in [1.807, 2.05) is 0 Å². The number of hydrogen-bond donors (Lipinski definition) is 0. The van der Waals surface area contributed by atoms with Crippen LogP contribution in [-0.4, -0.2) is 23.9 Å². The molecule has 0 aliphatic rings. The molecule has 0 bridgehead atoms. The second-order valence-electron chi connectivity index (χ2n) is 0.0690. The van der Waals surface area contributed by atoms with Gasteiger partial charge in [-0.15, -0.1) is 4.20 Å². The van der Waals surface area contributed by atoms with E-state index in [1.165, 1.54) is 0 Å². The zero-order chi connectivity index (χ0) is 2.71. The van der Waals surface area contributed by atoms with Crippen LogP contribution in [0.1, 0.15) is 0 Å². The van der Waals surface area contributed by atoms with Crippen LogP contribution >= 0.6 is 8.77 Å². The van der Waals surface area contributed by atoms with Crippen LogP contribution in [0.25, 0.3) is 0 Å². The number of rotatable bonds is 0. The van der Waals surface area contributed by atoms with Crippen LogP contribution in [0.4, 0.5) is 4.20 Å². The molecule has 0 aliphatic heterocycles. The SMILES string of the molecule is O=PF.[SnH4]. The van der Waals surface area contributed by atoms with Crippen molar-refractivity contribution in [3.8, 4) is 0 Å². The van der Waals surface area contributed by atoms with Crippen molar-refractivity contribution < 1.29 is 8.76 Å². The summed E-state index contributed by atoms with van der Waals surface area (Å²) in [7, 11) is -1.33. The van der Waals surface area contributed by atoms with E-state index in [-0.39, 0.29) is 23.9 Å². The molecule has 0 saturated carbocycles. The Kier molecular flexibility index (Phi) is 20.3. The maximum atomic E-state index is 9.71. The summed E-state index contributed by atoms with van der Waals surface area (Å²) in [5.41, 5.74) is 0. The molecule has 0 aromatic heterocycles. The molecule has 0 aliphatic carbocycles. The van der Waals surface area contributed by atoms with Gasteiger partial charge in [0.2, 0.25) is 0 Å². The Labute approximate surface area is 41.9 Å². The van der Waals surface area contributed by atoms with Crippen molar-refractivity contribution in [3.05, 3.63) is 0 Å². The fraction of sp³-hybridized carbons (Fsp3) is 0. The molecule has 0 saturated heterocycles. The van der Waals surface area contributed by atoms with Gasteiger partial charge in [-0.3, -0.25) is 0 Å². The van der Waals surface area contributed by atoms with Crippen molar-refractivity contribution in [2.75, 3.05) is 0 Å². The van der Waals surface area contributed by atoms with Crippen molar-refractivity contribution in [1.29, 1.82) is 0 Å². The molecule has 0 unspecified atom stereocenters. The molecular formula is H4FOPSn. The summed E-state index contributed by atoms with van der Waals surface area (Å²) in [5, 5.41) is 0. The topological polar surface area (TPSA) is 17.1 Å². The molecule has 0 spiro atoms. The van der Waals surface area contributed by atoms with Gasteiger partial charge in [0.05, 0.1) is 0 Å². The minimum absolute atomic E-state index is 0. The summed E-state index contributed by atoms with van der Waals surface area (Å²) in [5.74, 6) is 0. The quantitative estimate of drug-likeness (QED) is 0.377. The van der Waals surface area contributed by atoms with Crippen LogP contribution in [0.5, 0.6) is 0 Å². The zero-order valence-corrected chi connectivity index (χ0v) is 2.13. The van der Waals surface area contributed by atoms with E-state index in [2.05, 4.69) is 0 Å². The van der Waals surface area contributed by atoms with Crippen LogP contribution in [0, 0.1) is 0 Å². The van der Waals surface area contributed by atoms with Crippen LogP contribution < -0.4 is 0 Å². The van der Waals surface area contributed by atoms with Crippen LogP contribution in [-0.2, 0) is 4.57 Å². The maximum absolute atomic E-state index is 9.71. The number of hydrogen-bond acceptors (Lipinski definition) is 1. The minimum atomic E-state index is -1.33. The first-order valence-electron chi connectivity index (χ1n) is 0.352. The van der Waals surface area contributed by atoms with Crippen LogP contribution in [0.3, 0.4) is 0 Å². The van der Waals surface area contributed by atoms with Gasteiger partial charge in [0.1, 0.15) is 0 Å². The second-order valence-corrected chi connectivity index (χ2v) is 0.207. The molecule has 26 valence electrons. The Morgan fingerprint density at radius 2 is 1.75 bits per heavy atom. The van der Waals surface area contributed by atoms with Gasteiger partial charge in [-0.2, -0.15) is 0 Å². The summed E-state index contributed by atoms with van der Waals surface area (Å²) in [6.45, 7) is 0. The van der Waals surface area contributed by atoms with Crippen LogP contribution in [0.15, 0.2) is 0 Å². The van der Waals surface area contributed by atoms with Gasteiger partial charge in [-0.1, -0.05) is 0 Å². The molecule has 1 nitrogen and oxygen atoms in total. The van der Waals surface area contributed by atoms with Crippen molar-refractivity contribution in [2.45, 2.75) is 0 Å². The molecule has 0 aromatic rings. The Morgan fingerprint density at radius 1 is 1.75 bits per heavy atom. The third-order valence-electron chi connectivity index (χ3n) is 0. The molecule has 0 amide bonds. The van der Waals surface area contributed by atoms with E-state index in [0.29, 0.717) is 0 Å². The summed E-state index contributed by atoms with van der Waals surface area (Å²) >= 11 is 0. The Balaban J connectivity index is 0. The van der Waals surface area contributed by atoms with Gasteiger partial charge in [0.15, 0.2) is 0 Å². The van der Waals surface area contributed by atoms with Crippen molar-refractivity contribution in [2.24, 2.45) is 0 Å². The Bertz CT molecular complexity index is 15.5. The van der Waals surface area contributed by atoms with Gasteiger partial charge < -0.3 is 0 Å².